The molecule has 0 amide bonds. The molecule has 1 N–H and O–H groups in total. The number of nitro groups is 1. The Balaban J connectivity index is 2.96. The molecule has 7 heteroatoms. The van der Waals surface area contributed by atoms with Gasteiger partial charge in [-0.15, -0.1) is 0 Å². The molecule has 1 aromatic rings. The molecule has 1 rings (SSSR count). The minimum absolute atomic E-state index is 0.235. The largest absolute Gasteiger partial charge is 0.423 e. The molecule has 19 heavy (non-hydrogen) atoms. The molecule has 0 aliphatic rings. The normalized spacial score (nSPS) is 11.7. The lowest BCUT2D eigenvalue weighted by Crippen LogP contribution is -2.11. The first kappa shape index (κ1) is 15.3. The number of nitro benzene ring substituents is 1. The van der Waals surface area contributed by atoms with E-state index in [0.29, 0.717) is 12.5 Å². The van der Waals surface area contributed by atoms with Gasteiger partial charge < -0.3 is 5.32 Å². The molecule has 0 fully saturated rings. The molecule has 0 bridgehead atoms. The van der Waals surface area contributed by atoms with Crippen LogP contribution in [0, 0.1) is 16.0 Å². The van der Waals surface area contributed by atoms with Gasteiger partial charge in [0.15, 0.2) is 0 Å². The Morgan fingerprint density at radius 2 is 2.00 bits per heavy atom. The lowest BCUT2D eigenvalue weighted by molar-refractivity contribution is -0.388. The summed E-state index contributed by atoms with van der Waals surface area (Å²) >= 11 is 0. The molecule has 0 atom stereocenters. The number of nitrogens with zero attached hydrogens (tertiary/aromatic N) is 1. The Bertz CT molecular complexity index is 459. The van der Waals surface area contributed by atoms with Crippen molar-refractivity contribution in [2.45, 2.75) is 26.4 Å². The smallest absolute Gasteiger partial charge is 0.385 e. The zero-order valence-corrected chi connectivity index (χ0v) is 10.6. The van der Waals surface area contributed by atoms with Crippen LogP contribution in [0.4, 0.5) is 24.5 Å². The van der Waals surface area contributed by atoms with Gasteiger partial charge in [-0.25, -0.2) is 0 Å². The summed E-state index contributed by atoms with van der Waals surface area (Å²) in [6.45, 7) is 4.52. The number of hydrogen-bond acceptors (Lipinski definition) is 3. The van der Waals surface area contributed by atoms with Gasteiger partial charge >= 0.3 is 6.18 Å². The van der Waals surface area contributed by atoms with Crippen molar-refractivity contribution >= 4 is 11.4 Å². The number of benzene rings is 1. The fraction of sp³-hybridized carbons (Fsp3) is 0.500. The molecule has 0 unspecified atom stereocenters. The van der Waals surface area contributed by atoms with Crippen molar-refractivity contribution in [3.63, 3.8) is 0 Å². The molecule has 0 radical (unpaired) electrons. The first-order valence-corrected chi connectivity index (χ1v) is 5.81. The van der Waals surface area contributed by atoms with Gasteiger partial charge in [-0.05, 0) is 24.5 Å². The highest BCUT2D eigenvalue weighted by atomic mass is 19.4. The molecule has 0 heterocycles. The summed E-state index contributed by atoms with van der Waals surface area (Å²) in [6, 6.07) is 2.94. The zero-order chi connectivity index (χ0) is 14.6. The van der Waals surface area contributed by atoms with Crippen LogP contribution in [0.1, 0.15) is 25.8 Å². The van der Waals surface area contributed by atoms with Gasteiger partial charge in [-0.3, -0.25) is 10.1 Å². The maximum Gasteiger partial charge on any atom is 0.423 e. The Morgan fingerprint density at radius 3 is 2.47 bits per heavy atom. The van der Waals surface area contributed by atoms with Crippen LogP contribution in [-0.2, 0) is 6.18 Å². The van der Waals surface area contributed by atoms with E-state index in [1.165, 1.54) is 6.07 Å². The molecule has 0 aliphatic heterocycles. The molecule has 0 aliphatic carbocycles. The SMILES string of the molecule is CC(C)CCNc1ccc([N+](=O)[O-])c(C(F)(F)F)c1. The molecule has 106 valence electrons. The van der Waals surface area contributed by atoms with E-state index in [0.717, 1.165) is 18.6 Å². The second-order valence-corrected chi connectivity index (χ2v) is 4.60. The Hall–Kier alpha value is -1.79. The molecular weight excluding hydrogens is 261 g/mol. The van der Waals surface area contributed by atoms with E-state index in [4.69, 9.17) is 0 Å². The molecule has 0 aromatic heterocycles. The Morgan fingerprint density at radius 1 is 1.37 bits per heavy atom. The van der Waals surface area contributed by atoms with Crippen molar-refractivity contribution in [1.82, 2.24) is 0 Å². The number of anilines is 1. The number of nitrogens with one attached hydrogen (secondary N) is 1. The van der Waals surface area contributed by atoms with Gasteiger partial charge in [0.25, 0.3) is 5.69 Å². The summed E-state index contributed by atoms with van der Waals surface area (Å²) in [5.74, 6) is 0.424. The minimum atomic E-state index is -4.74. The van der Waals surface area contributed by atoms with E-state index in [-0.39, 0.29) is 5.69 Å². The van der Waals surface area contributed by atoms with Crippen LogP contribution in [0.5, 0.6) is 0 Å². The summed E-state index contributed by atoms with van der Waals surface area (Å²) in [4.78, 5) is 9.54. The van der Waals surface area contributed by atoms with E-state index in [9.17, 15) is 23.3 Å². The number of rotatable bonds is 5. The van der Waals surface area contributed by atoms with Crippen LogP contribution < -0.4 is 5.32 Å². The van der Waals surface area contributed by atoms with E-state index in [2.05, 4.69) is 5.32 Å². The van der Waals surface area contributed by atoms with Crippen LogP contribution >= 0.6 is 0 Å². The second-order valence-electron chi connectivity index (χ2n) is 4.60. The van der Waals surface area contributed by atoms with Crippen molar-refractivity contribution in [2.75, 3.05) is 11.9 Å². The van der Waals surface area contributed by atoms with E-state index < -0.39 is 22.4 Å². The number of alkyl halides is 3. The Labute approximate surface area is 108 Å². The first-order chi connectivity index (χ1) is 8.71. The standard InChI is InChI=1S/C12H15F3N2O2/c1-8(2)5-6-16-9-3-4-11(17(18)19)10(7-9)12(13,14)15/h3-4,7-8,16H,5-6H2,1-2H3. The van der Waals surface area contributed by atoms with Crippen LogP contribution in [0.25, 0.3) is 0 Å². The maximum atomic E-state index is 12.7. The summed E-state index contributed by atoms with van der Waals surface area (Å²) in [5.41, 5.74) is -1.92. The molecule has 0 saturated heterocycles. The van der Waals surface area contributed by atoms with Crippen molar-refractivity contribution in [3.05, 3.63) is 33.9 Å². The summed E-state index contributed by atoms with van der Waals surface area (Å²) < 4.78 is 38.1. The zero-order valence-electron chi connectivity index (χ0n) is 10.6. The summed E-state index contributed by atoms with van der Waals surface area (Å²) in [7, 11) is 0. The number of hydrogen-bond donors (Lipinski definition) is 1. The van der Waals surface area contributed by atoms with E-state index in [1.54, 1.807) is 0 Å². The van der Waals surface area contributed by atoms with Crippen molar-refractivity contribution < 1.29 is 18.1 Å². The summed E-state index contributed by atoms with van der Waals surface area (Å²) in [6.07, 6.45) is -3.93. The van der Waals surface area contributed by atoms with Crippen molar-refractivity contribution in [1.29, 1.82) is 0 Å². The van der Waals surface area contributed by atoms with Crippen LogP contribution in [0.15, 0.2) is 18.2 Å². The van der Waals surface area contributed by atoms with E-state index >= 15 is 0 Å². The first-order valence-electron chi connectivity index (χ1n) is 5.81. The Kier molecular flexibility index (Phi) is 4.74. The highest BCUT2D eigenvalue weighted by molar-refractivity contribution is 5.55. The fourth-order valence-electron chi connectivity index (χ4n) is 1.54. The number of halogens is 3. The van der Waals surface area contributed by atoms with Crippen LogP contribution in [-0.4, -0.2) is 11.5 Å². The van der Waals surface area contributed by atoms with Gasteiger partial charge in [0.2, 0.25) is 0 Å². The predicted molar refractivity (Wildman–Crippen MR) is 66.0 cm³/mol. The maximum absolute atomic E-state index is 12.7. The molecule has 0 spiro atoms. The van der Waals surface area contributed by atoms with Crippen molar-refractivity contribution in [2.24, 2.45) is 5.92 Å². The highest BCUT2D eigenvalue weighted by Crippen LogP contribution is 2.37. The minimum Gasteiger partial charge on any atom is -0.385 e. The lowest BCUT2D eigenvalue weighted by Gasteiger charge is -2.12. The third-order valence-corrected chi connectivity index (χ3v) is 2.55. The van der Waals surface area contributed by atoms with E-state index in [1.807, 2.05) is 13.8 Å². The van der Waals surface area contributed by atoms with Gasteiger partial charge in [0.05, 0.1) is 4.92 Å². The fourth-order valence-corrected chi connectivity index (χ4v) is 1.54. The van der Waals surface area contributed by atoms with Gasteiger partial charge in [-0.2, -0.15) is 13.2 Å². The van der Waals surface area contributed by atoms with Gasteiger partial charge in [0.1, 0.15) is 5.56 Å². The van der Waals surface area contributed by atoms with Gasteiger partial charge in [-0.1, -0.05) is 13.8 Å². The third-order valence-electron chi connectivity index (χ3n) is 2.55. The van der Waals surface area contributed by atoms with Crippen molar-refractivity contribution in [3.8, 4) is 0 Å². The third kappa shape index (κ3) is 4.42. The van der Waals surface area contributed by atoms with Crippen LogP contribution in [0.3, 0.4) is 0 Å². The molecule has 4 nitrogen and oxygen atoms in total. The molecule has 1 aromatic carbocycles. The molecule has 0 saturated carbocycles. The van der Waals surface area contributed by atoms with Crippen LogP contribution in [0.2, 0.25) is 0 Å². The predicted octanol–water partition coefficient (Wildman–Crippen LogP) is 4.07. The summed E-state index contributed by atoms with van der Waals surface area (Å²) in [5, 5.41) is 13.4. The average Bonchev–Trinajstić information content (AvgIpc) is 2.27. The molecular formula is C12H15F3N2O2. The quantitative estimate of drug-likeness (QED) is 0.651. The second kappa shape index (κ2) is 5.90. The average molecular weight is 276 g/mol. The highest BCUT2D eigenvalue weighted by Gasteiger charge is 2.38. The topological polar surface area (TPSA) is 55.2 Å². The monoisotopic (exact) mass is 276 g/mol. The lowest BCUT2D eigenvalue weighted by atomic mass is 10.1. The van der Waals surface area contributed by atoms with Gasteiger partial charge in [0, 0.05) is 18.3 Å².